The highest BCUT2D eigenvalue weighted by atomic mass is 79.9. The van der Waals surface area contributed by atoms with Crippen molar-refractivity contribution in [2.75, 3.05) is 44.0 Å². The number of benzene rings is 5. The number of ether oxygens (including phenoxy) is 2. The molecular weight excluding hydrogens is 669 g/mol. The summed E-state index contributed by atoms with van der Waals surface area (Å²) in [6, 6.07) is 48.1. The van der Waals surface area contributed by atoms with E-state index in [1.807, 2.05) is 30.3 Å². The number of anilines is 1. The van der Waals surface area contributed by atoms with Gasteiger partial charge in [-0.05, 0) is 72.8 Å². The Kier molecular flexibility index (Phi) is 10.5. The Morgan fingerprint density at radius 3 is 1.77 bits per heavy atom. The van der Waals surface area contributed by atoms with Gasteiger partial charge in [0, 0.05) is 30.8 Å². The van der Waals surface area contributed by atoms with Crippen molar-refractivity contribution in [1.82, 2.24) is 0 Å². The Bertz CT molecular complexity index is 1850. The standard InChI is InChI=1S/C40H37NO4P.BrH/c42-38-36-19-10-11-20-37(36)45-39(31-21-23-32(24-22-31)41-25-28-43-29-26-41)40(38)44-27-12-30-46(33-13-4-1-5-14-33,34-15-6-2-7-16-34)35-17-8-3-9-18-35;/h1-11,13-24H,12,25-30H2;1H/q+1;/p-1. The number of hydrogen-bond donors (Lipinski definition) is 0. The zero-order valence-electron chi connectivity index (χ0n) is 26.1. The van der Waals surface area contributed by atoms with Gasteiger partial charge in [-0.2, -0.15) is 0 Å². The van der Waals surface area contributed by atoms with Gasteiger partial charge in [-0.3, -0.25) is 4.79 Å². The second-order valence-corrected chi connectivity index (χ2v) is 15.1. The number of rotatable bonds is 10. The van der Waals surface area contributed by atoms with Gasteiger partial charge in [0.15, 0.2) is 5.76 Å². The van der Waals surface area contributed by atoms with E-state index in [-0.39, 0.29) is 28.2 Å². The Labute approximate surface area is 286 Å². The molecule has 1 aliphatic rings. The summed E-state index contributed by atoms with van der Waals surface area (Å²) in [7, 11) is -2.01. The Morgan fingerprint density at radius 2 is 1.19 bits per heavy atom. The monoisotopic (exact) mass is 705 g/mol. The maximum Gasteiger partial charge on any atom is 0.235 e. The molecule has 0 unspecified atom stereocenters. The van der Waals surface area contributed by atoms with Gasteiger partial charge >= 0.3 is 0 Å². The van der Waals surface area contributed by atoms with Gasteiger partial charge in [0.05, 0.1) is 31.4 Å². The fourth-order valence-electron chi connectivity index (χ4n) is 6.45. The fraction of sp³-hybridized carbons (Fsp3) is 0.175. The summed E-state index contributed by atoms with van der Waals surface area (Å²) in [6.45, 7) is 3.55. The lowest BCUT2D eigenvalue weighted by Gasteiger charge is -2.29. The fourth-order valence-corrected chi connectivity index (χ4v) is 10.8. The molecule has 1 fully saturated rings. The average Bonchev–Trinajstić information content (AvgIpc) is 3.14. The van der Waals surface area contributed by atoms with Gasteiger partial charge in [-0.15, -0.1) is 0 Å². The third-order valence-electron chi connectivity index (χ3n) is 8.74. The van der Waals surface area contributed by atoms with Crippen LogP contribution < -0.4 is 48.0 Å². The molecule has 0 saturated carbocycles. The second kappa shape index (κ2) is 15.1. The van der Waals surface area contributed by atoms with Crippen molar-refractivity contribution in [2.24, 2.45) is 0 Å². The van der Waals surface area contributed by atoms with Crippen molar-refractivity contribution in [3.8, 4) is 17.1 Å². The van der Waals surface area contributed by atoms with Crippen molar-refractivity contribution < 1.29 is 30.9 Å². The largest absolute Gasteiger partial charge is 1.00 e. The van der Waals surface area contributed by atoms with Gasteiger partial charge in [0.1, 0.15) is 28.8 Å². The van der Waals surface area contributed by atoms with Crippen molar-refractivity contribution in [1.29, 1.82) is 0 Å². The molecule has 7 heteroatoms. The molecule has 1 aliphatic heterocycles. The molecule has 0 amide bonds. The lowest BCUT2D eigenvalue weighted by atomic mass is 10.1. The molecule has 47 heavy (non-hydrogen) atoms. The van der Waals surface area contributed by atoms with Crippen LogP contribution in [0.15, 0.2) is 149 Å². The smallest absolute Gasteiger partial charge is 0.235 e. The molecule has 5 nitrogen and oxygen atoms in total. The lowest BCUT2D eigenvalue weighted by Crippen LogP contribution is -3.00. The number of para-hydroxylation sites is 1. The van der Waals surface area contributed by atoms with Crippen LogP contribution in [0.25, 0.3) is 22.3 Å². The Morgan fingerprint density at radius 1 is 0.660 bits per heavy atom. The molecule has 1 aromatic heterocycles. The molecule has 6 aromatic rings. The average molecular weight is 707 g/mol. The maximum absolute atomic E-state index is 13.9. The van der Waals surface area contributed by atoms with Crippen LogP contribution in [-0.2, 0) is 4.74 Å². The zero-order chi connectivity index (χ0) is 31.2. The molecule has 5 aromatic carbocycles. The van der Waals surface area contributed by atoms with Crippen molar-refractivity contribution >= 4 is 39.8 Å². The van der Waals surface area contributed by atoms with E-state index in [0.29, 0.717) is 23.3 Å². The Hall–Kier alpha value is -4.22. The maximum atomic E-state index is 13.9. The minimum absolute atomic E-state index is 0. The summed E-state index contributed by atoms with van der Waals surface area (Å²) in [5.74, 6) is 0.730. The highest BCUT2D eigenvalue weighted by molar-refractivity contribution is 7.95. The van der Waals surface area contributed by atoms with E-state index >= 15 is 0 Å². The first-order valence-electron chi connectivity index (χ1n) is 15.9. The summed E-state index contributed by atoms with van der Waals surface area (Å²) < 4.78 is 18.4. The minimum Gasteiger partial charge on any atom is -1.00 e. The van der Waals surface area contributed by atoms with Gasteiger partial charge in [0.25, 0.3) is 0 Å². The molecule has 2 heterocycles. The lowest BCUT2D eigenvalue weighted by molar-refractivity contribution is -0.0000105. The summed E-state index contributed by atoms with van der Waals surface area (Å²) in [6.07, 6.45) is 1.65. The molecule has 238 valence electrons. The number of fused-ring (bicyclic) bond motifs is 1. The molecule has 0 spiro atoms. The van der Waals surface area contributed by atoms with Crippen molar-refractivity contribution in [3.05, 3.63) is 150 Å². The van der Waals surface area contributed by atoms with E-state index in [2.05, 4.69) is 108 Å². The first-order valence-corrected chi connectivity index (χ1v) is 17.9. The molecule has 1 saturated heterocycles. The van der Waals surface area contributed by atoms with Gasteiger partial charge in [0.2, 0.25) is 11.2 Å². The van der Waals surface area contributed by atoms with E-state index in [0.717, 1.165) is 50.1 Å². The van der Waals surface area contributed by atoms with Crippen LogP contribution in [0, 0.1) is 0 Å². The van der Waals surface area contributed by atoms with E-state index in [1.54, 1.807) is 6.07 Å². The number of nitrogens with zero attached hydrogens (tertiary/aromatic N) is 1. The summed E-state index contributed by atoms with van der Waals surface area (Å²) >= 11 is 0. The number of hydrogen-bond acceptors (Lipinski definition) is 5. The van der Waals surface area contributed by atoms with E-state index in [4.69, 9.17) is 13.9 Å². The van der Waals surface area contributed by atoms with Crippen molar-refractivity contribution in [2.45, 2.75) is 6.42 Å². The Balaban J connectivity index is 0.00000386. The van der Waals surface area contributed by atoms with E-state index < -0.39 is 7.26 Å². The summed E-state index contributed by atoms with van der Waals surface area (Å²) in [5.41, 5.74) is 2.34. The highest BCUT2D eigenvalue weighted by Crippen LogP contribution is 2.55. The first kappa shape index (κ1) is 32.7. The summed E-state index contributed by atoms with van der Waals surface area (Å²) in [4.78, 5) is 16.2. The topological polar surface area (TPSA) is 51.9 Å². The SMILES string of the molecule is O=c1c(OCCC[P+](c2ccccc2)(c2ccccc2)c2ccccc2)c(-c2ccc(N3CCOCC3)cc2)oc2ccccc12.[Br-]. The molecule has 0 radical (unpaired) electrons. The molecule has 0 aliphatic carbocycles. The molecule has 0 atom stereocenters. The molecular formula is C40H37BrNO4P. The van der Waals surface area contributed by atoms with Crippen LogP contribution in [0.1, 0.15) is 6.42 Å². The van der Waals surface area contributed by atoms with Crippen LogP contribution in [0.2, 0.25) is 0 Å². The van der Waals surface area contributed by atoms with Crippen LogP contribution in [0.3, 0.4) is 0 Å². The number of morpholine rings is 1. The second-order valence-electron chi connectivity index (χ2n) is 11.5. The molecule has 0 bridgehead atoms. The third kappa shape index (κ3) is 6.78. The van der Waals surface area contributed by atoms with Crippen LogP contribution in [0.4, 0.5) is 5.69 Å². The predicted molar refractivity (Wildman–Crippen MR) is 191 cm³/mol. The highest BCUT2D eigenvalue weighted by Gasteiger charge is 2.44. The quantitative estimate of drug-likeness (QED) is 0.159. The van der Waals surface area contributed by atoms with Gasteiger partial charge in [-0.25, -0.2) is 0 Å². The molecule has 7 rings (SSSR count). The normalized spacial score (nSPS) is 13.2. The predicted octanol–water partition coefficient (Wildman–Crippen LogP) is 4.06. The summed E-state index contributed by atoms with van der Waals surface area (Å²) in [5, 5.41) is 4.52. The van der Waals surface area contributed by atoms with Gasteiger partial charge in [-0.1, -0.05) is 66.7 Å². The van der Waals surface area contributed by atoms with Crippen LogP contribution >= 0.6 is 7.26 Å². The van der Waals surface area contributed by atoms with Crippen LogP contribution in [0.5, 0.6) is 5.75 Å². The minimum atomic E-state index is -2.01. The van der Waals surface area contributed by atoms with Crippen molar-refractivity contribution in [3.63, 3.8) is 0 Å². The number of halogens is 1. The van der Waals surface area contributed by atoms with E-state index in [1.165, 1.54) is 15.9 Å². The van der Waals surface area contributed by atoms with Crippen LogP contribution in [-0.4, -0.2) is 39.1 Å². The zero-order valence-corrected chi connectivity index (χ0v) is 28.6. The van der Waals surface area contributed by atoms with Gasteiger partial charge < -0.3 is 35.8 Å². The first-order chi connectivity index (χ1) is 22.7. The third-order valence-corrected chi connectivity index (χ3v) is 13.3. The van der Waals surface area contributed by atoms with E-state index in [9.17, 15) is 4.79 Å². The molecule has 0 N–H and O–H groups in total.